The lowest BCUT2D eigenvalue weighted by molar-refractivity contribution is -0.384. The Morgan fingerprint density at radius 2 is 2.11 bits per heavy atom. The minimum atomic E-state index is -0.410. The molecule has 3 N–H and O–H groups in total. The van der Waals surface area contributed by atoms with Crippen LogP contribution in [0.1, 0.15) is 25.7 Å². The number of rotatable bonds is 3. The van der Waals surface area contributed by atoms with Crippen molar-refractivity contribution in [1.82, 2.24) is 0 Å². The molecule has 0 spiro atoms. The van der Waals surface area contributed by atoms with E-state index in [1.807, 2.05) is 0 Å². The first-order valence-corrected chi connectivity index (χ1v) is 6.42. The average Bonchev–Trinajstić information content (AvgIpc) is 2.32. The van der Waals surface area contributed by atoms with Crippen molar-refractivity contribution in [2.75, 3.05) is 5.32 Å². The third-order valence-corrected chi connectivity index (χ3v) is 3.55. The molecular weight excluding hydrogens is 254 g/mol. The van der Waals surface area contributed by atoms with E-state index < -0.39 is 4.92 Å². The summed E-state index contributed by atoms with van der Waals surface area (Å²) in [5.41, 5.74) is 6.52. The maximum absolute atomic E-state index is 10.9. The normalized spacial score (nSPS) is 23.7. The monoisotopic (exact) mass is 269 g/mol. The zero-order valence-electron chi connectivity index (χ0n) is 9.93. The molecule has 1 aliphatic carbocycles. The van der Waals surface area contributed by atoms with Crippen molar-refractivity contribution in [3.8, 4) is 0 Å². The molecule has 0 bridgehead atoms. The van der Waals surface area contributed by atoms with Crippen molar-refractivity contribution in [1.29, 1.82) is 0 Å². The van der Waals surface area contributed by atoms with Gasteiger partial charge >= 0.3 is 0 Å². The van der Waals surface area contributed by atoms with Crippen molar-refractivity contribution < 1.29 is 4.92 Å². The van der Waals surface area contributed by atoms with Crippen LogP contribution in [-0.4, -0.2) is 17.0 Å². The van der Waals surface area contributed by atoms with Crippen molar-refractivity contribution in [3.63, 3.8) is 0 Å². The summed E-state index contributed by atoms with van der Waals surface area (Å²) in [5.74, 6) is 0. The molecule has 5 nitrogen and oxygen atoms in total. The van der Waals surface area contributed by atoms with E-state index in [1.54, 1.807) is 6.07 Å². The molecule has 0 heterocycles. The number of nitrogens with one attached hydrogen (secondary N) is 1. The second-order valence-corrected chi connectivity index (χ2v) is 5.05. The average molecular weight is 270 g/mol. The van der Waals surface area contributed by atoms with Gasteiger partial charge in [0.15, 0.2) is 0 Å². The summed E-state index contributed by atoms with van der Waals surface area (Å²) < 4.78 is 0. The molecule has 1 saturated carbocycles. The molecular formula is C12H16ClN3O2. The number of halogens is 1. The molecule has 0 aliphatic heterocycles. The fourth-order valence-corrected chi connectivity index (χ4v) is 2.49. The summed E-state index contributed by atoms with van der Waals surface area (Å²) in [7, 11) is 0. The van der Waals surface area contributed by atoms with E-state index in [2.05, 4.69) is 5.32 Å². The first kappa shape index (κ1) is 13.1. The van der Waals surface area contributed by atoms with E-state index in [-0.39, 0.29) is 17.8 Å². The molecule has 2 atom stereocenters. The molecule has 98 valence electrons. The second kappa shape index (κ2) is 5.54. The Labute approximate surface area is 110 Å². The Morgan fingerprint density at radius 3 is 2.78 bits per heavy atom. The highest BCUT2D eigenvalue weighted by atomic mass is 35.5. The zero-order valence-corrected chi connectivity index (χ0v) is 10.7. The molecule has 1 aromatic rings. The molecule has 0 aromatic heterocycles. The summed E-state index contributed by atoms with van der Waals surface area (Å²) >= 11 is 5.88. The van der Waals surface area contributed by atoms with Crippen LogP contribution in [0.4, 0.5) is 11.4 Å². The Balaban J connectivity index is 2.21. The van der Waals surface area contributed by atoms with Gasteiger partial charge in [-0.2, -0.15) is 0 Å². The lowest BCUT2D eigenvalue weighted by Crippen LogP contribution is -2.42. The predicted molar refractivity (Wildman–Crippen MR) is 72.0 cm³/mol. The van der Waals surface area contributed by atoms with Crippen LogP contribution >= 0.6 is 11.6 Å². The number of nitrogens with two attached hydrogens (primary N) is 1. The minimum Gasteiger partial charge on any atom is -0.375 e. The molecule has 1 fully saturated rings. The molecule has 1 aromatic carbocycles. The maximum Gasteiger partial charge on any atom is 0.292 e. The van der Waals surface area contributed by atoms with Gasteiger partial charge in [-0.05, 0) is 25.0 Å². The van der Waals surface area contributed by atoms with Crippen molar-refractivity contribution in [3.05, 3.63) is 33.3 Å². The fraction of sp³-hybridized carbons (Fsp3) is 0.500. The van der Waals surface area contributed by atoms with Gasteiger partial charge in [-0.25, -0.2) is 0 Å². The molecule has 0 saturated heterocycles. The Hall–Kier alpha value is -1.33. The van der Waals surface area contributed by atoms with E-state index >= 15 is 0 Å². The van der Waals surface area contributed by atoms with E-state index in [0.717, 1.165) is 25.7 Å². The number of benzene rings is 1. The summed E-state index contributed by atoms with van der Waals surface area (Å²) in [5, 5.41) is 14.6. The number of hydrogen-bond acceptors (Lipinski definition) is 4. The van der Waals surface area contributed by atoms with Gasteiger partial charge in [0.25, 0.3) is 5.69 Å². The molecule has 6 heteroatoms. The highest BCUT2D eigenvalue weighted by molar-refractivity contribution is 6.31. The van der Waals surface area contributed by atoms with Crippen LogP contribution in [0.3, 0.4) is 0 Å². The molecule has 0 amide bonds. The maximum atomic E-state index is 10.9. The van der Waals surface area contributed by atoms with Gasteiger partial charge in [-0.3, -0.25) is 10.1 Å². The van der Waals surface area contributed by atoms with Crippen LogP contribution in [0.2, 0.25) is 5.02 Å². The number of nitro groups is 1. The van der Waals surface area contributed by atoms with Crippen molar-refractivity contribution >= 4 is 23.0 Å². The van der Waals surface area contributed by atoms with E-state index in [1.165, 1.54) is 12.1 Å². The third-order valence-electron chi connectivity index (χ3n) is 3.32. The molecule has 18 heavy (non-hydrogen) atoms. The molecule has 1 aliphatic rings. The SMILES string of the molecule is N[C@@H]1CCCC[C@H]1Nc1cc(Cl)ccc1[N+](=O)[O-]. The molecule has 0 unspecified atom stereocenters. The quantitative estimate of drug-likeness (QED) is 0.653. The largest absolute Gasteiger partial charge is 0.375 e. The van der Waals surface area contributed by atoms with E-state index in [4.69, 9.17) is 17.3 Å². The smallest absolute Gasteiger partial charge is 0.292 e. The van der Waals surface area contributed by atoms with Crippen LogP contribution in [0.5, 0.6) is 0 Å². The highest BCUT2D eigenvalue weighted by Crippen LogP contribution is 2.30. The Bertz CT molecular complexity index is 453. The minimum absolute atomic E-state index is 0.0390. The van der Waals surface area contributed by atoms with E-state index in [9.17, 15) is 10.1 Å². The number of nitrogens with zero attached hydrogens (tertiary/aromatic N) is 1. The zero-order chi connectivity index (χ0) is 13.1. The molecule has 0 radical (unpaired) electrons. The fourth-order valence-electron chi connectivity index (χ4n) is 2.32. The summed E-state index contributed by atoms with van der Waals surface area (Å²) in [6.45, 7) is 0. The van der Waals surface area contributed by atoms with Gasteiger partial charge < -0.3 is 11.1 Å². The van der Waals surface area contributed by atoms with Gasteiger partial charge in [0, 0.05) is 23.2 Å². The van der Waals surface area contributed by atoms with Crippen LogP contribution in [0.15, 0.2) is 18.2 Å². The van der Waals surface area contributed by atoms with Crippen molar-refractivity contribution in [2.45, 2.75) is 37.8 Å². The number of anilines is 1. The van der Waals surface area contributed by atoms with Gasteiger partial charge in [0.05, 0.1) is 4.92 Å². The standard InChI is InChI=1S/C12H16ClN3O2/c13-8-5-6-12(16(17)18)11(7-8)15-10-4-2-1-3-9(10)14/h5-7,9-10,15H,1-4,14H2/t9-,10-/m1/s1. The second-order valence-electron chi connectivity index (χ2n) is 4.62. The van der Waals surface area contributed by atoms with Crippen molar-refractivity contribution in [2.24, 2.45) is 5.73 Å². The Kier molecular flexibility index (Phi) is 4.04. The third kappa shape index (κ3) is 2.91. The van der Waals surface area contributed by atoms with E-state index in [0.29, 0.717) is 10.7 Å². The molecule has 2 rings (SSSR count). The summed E-state index contributed by atoms with van der Waals surface area (Å²) in [6.07, 6.45) is 4.10. The van der Waals surface area contributed by atoms with Gasteiger partial charge in [0.1, 0.15) is 5.69 Å². The predicted octanol–water partition coefficient (Wildman–Crippen LogP) is 2.93. The van der Waals surface area contributed by atoms with Crippen LogP contribution < -0.4 is 11.1 Å². The summed E-state index contributed by atoms with van der Waals surface area (Å²) in [4.78, 5) is 10.5. The Morgan fingerprint density at radius 1 is 1.39 bits per heavy atom. The topological polar surface area (TPSA) is 81.2 Å². The highest BCUT2D eigenvalue weighted by Gasteiger charge is 2.24. The van der Waals surface area contributed by atoms with Gasteiger partial charge in [-0.15, -0.1) is 0 Å². The first-order valence-electron chi connectivity index (χ1n) is 6.04. The lowest BCUT2D eigenvalue weighted by Gasteiger charge is -2.30. The lowest BCUT2D eigenvalue weighted by atomic mass is 9.91. The van der Waals surface area contributed by atoms with Crippen LogP contribution in [0, 0.1) is 10.1 Å². The first-order chi connectivity index (χ1) is 8.58. The van der Waals surface area contributed by atoms with Crippen LogP contribution in [0.25, 0.3) is 0 Å². The summed E-state index contributed by atoms with van der Waals surface area (Å²) in [6, 6.07) is 4.64. The van der Waals surface area contributed by atoms with Gasteiger partial charge in [0.2, 0.25) is 0 Å². The van der Waals surface area contributed by atoms with Crippen LogP contribution in [-0.2, 0) is 0 Å². The number of nitro benzene ring substituents is 1. The van der Waals surface area contributed by atoms with Gasteiger partial charge in [-0.1, -0.05) is 24.4 Å². The number of hydrogen-bond donors (Lipinski definition) is 2.